The first-order valence-corrected chi connectivity index (χ1v) is 7.14. The number of likely N-dealkylation sites (tertiary alicyclic amines) is 1. The molecule has 2 saturated heterocycles. The third-order valence-corrected chi connectivity index (χ3v) is 4.25. The highest BCUT2D eigenvalue weighted by molar-refractivity contribution is 5.91. The van der Waals surface area contributed by atoms with Crippen LogP contribution < -0.4 is 5.32 Å². The topological polar surface area (TPSA) is 124 Å². The van der Waals surface area contributed by atoms with Crippen molar-refractivity contribution in [2.75, 3.05) is 7.05 Å². The Bertz CT molecular complexity index is 490. The van der Waals surface area contributed by atoms with E-state index < -0.39 is 23.5 Å². The molecule has 0 aromatic carbocycles. The van der Waals surface area contributed by atoms with E-state index >= 15 is 0 Å². The number of aliphatic carboxylic acids is 2. The fraction of sp³-hybridized carbons (Fsp3) is 0.714. The first kappa shape index (κ1) is 17.9. The molecule has 124 valence electrons. The highest BCUT2D eigenvalue weighted by atomic mass is 16.4. The molecule has 0 spiro atoms. The summed E-state index contributed by atoms with van der Waals surface area (Å²) in [6.07, 6.45) is 1.54. The molecule has 2 fully saturated rings. The monoisotopic (exact) mass is 314 g/mol. The third kappa shape index (κ3) is 3.55. The maximum Gasteiger partial charge on any atom is 0.329 e. The van der Waals surface area contributed by atoms with Gasteiger partial charge in [-0.1, -0.05) is 13.8 Å². The van der Waals surface area contributed by atoms with Gasteiger partial charge in [0.05, 0.1) is 0 Å². The van der Waals surface area contributed by atoms with Crippen LogP contribution >= 0.6 is 0 Å². The van der Waals surface area contributed by atoms with E-state index in [1.807, 2.05) is 0 Å². The number of carbonyl (C=O) groups is 4. The number of carboxylic acid groups (broad SMARTS) is 2. The number of nitrogens with zero attached hydrogens (tertiary/aromatic N) is 1. The van der Waals surface area contributed by atoms with Crippen LogP contribution in [-0.4, -0.2) is 57.5 Å². The van der Waals surface area contributed by atoms with Gasteiger partial charge in [0.15, 0.2) is 0 Å². The molecule has 8 nitrogen and oxygen atoms in total. The molecule has 2 rings (SSSR count). The Morgan fingerprint density at radius 2 is 1.86 bits per heavy atom. The second-order valence-electron chi connectivity index (χ2n) is 5.88. The van der Waals surface area contributed by atoms with E-state index in [4.69, 9.17) is 10.2 Å². The van der Waals surface area contributed by atoms with E-state index in [-0.39, 0.29) is 17.7 Å². The minimum Gasteiger partial charge on any atom is -0.480 e. The van der Waals surface area contributed by atoms with Gasteiger partial charge in [-0.3, -0.25) is 9.59 Å². The smallest absolute Gasteiger partial charge is 0.329 e. The number of carbonyl (C=O) groups excluding carboxylic acids is 2. The van der Waals surface area contributed by atoms with Crippen LogP contribution in [0.2, 0.25) is 0 Å². The fourth-order valence-corrected chi connectivity index (χ4v) is 2.62. The zero-order valence-electron chi connectivity index (χ0n) is 13.0. The van der Waals surface area contributed by atoms with Crippen molar-refractivity contribution >= 4 is 23.8 Å². The van der Waals surface area contributed by atoms with Gasteiger partial charge in [0.2, 0.25) is 11.8 Å². The predicted octanol–water partition coefficient (Wildman–Crippen LogP) is 0.0676. The van der Waals surface area contributed by atoms with Gasteiger partial charge in [0, 0.05) is 19.9 Å². The summed E-state index contributed by atoms with van der Waals surface area (Å²) >= 11 is 0. The van der Waals surface area contributed by atoms with Crippen LogP contribution in [0.1, 0.15) is 39.5 Å². The number of amides is 2. The molecule has 0 bridgehead atoms. The highest BCUT2D eigenvalue weighted by Crippen LogP contribution is 2.28. The Morgan fingerprint density at radius 3 is 2.05 bits per heavy atom. The van der Waals surface area contributed by atoms with Gasteiger partial charge < -0.3 is 20.4 Å². The molecule has 0 radical (unpaired) electrons. The zero-order valence-corrected chi connectivity index (χ0v) is 13.0. The molecule has 2 aliphatic rings. The van der Waals surface area contributed by atoms with Crippen molar-refractivity contribution in [2.45, 2.75) is 51.1 Å². The molecule has 2 heterocycles. The Hall–Kier alpha value is -2.12. The second kappa shape index (κ2) is 6.76. The van der Waals surface area contributed by atoms with Gasteiger partial charge in [-0.2, -0.15) is 0 Å². The number of likely N-dealkylation sites (N-methyl/N-ethyl adjacent to an activating group) is 1. The number of nitrogens with one attached hydrogen (secondary N) is 1. The molecule has 22 heavy (non-hydrogen) atoms. The molecule has 8 heteroatoms. The summed E-state index contributed by atoms with van der Waals surface area (Å²) in [7, 11) is 1.52. The van der Waals surface area contributed by atoms with Crippen LogP contribution in [0.5, 0.6) is 0 Å². The lowest BCUT2D eigenvalue weighted by Crippen LogP contribution is -2.52. The number of rotatable bonds is 3. The summed E-state index contributed by atoms with van der Waals surface area (Å²) in [6, 6.07) is -0.590. The average Bonchev–Trinajstić information content (AvgIpc) is 2.96. The van der Waals surface area contributed by atoms with E-state index in [2.05, 4.69) is 5.32 Å². The first-order valence-electron chi connectivity index (χ1n) is 7.14. The van der Waals surface area contributed by atoms with E-state index in [1.54, 1.807) is 13.8 Å². The van der Waals surface area contributed by atoms with Crippen molar-refractivity contribution in [3.8, 4) is 0 Å². The summed E-state index contributed by atoms with van der Waals surface area (Å²) in [6.45, 7) is 3.61. The molecule has 3 N–H and O–H groups in total. The minimum atomic E-state index is -1.02. The van der Waals surface area contributed by atoms with E-state index in [0.29, 0.717) is 25.7 Å². The Kier molecular flexibility index (Phi) is 5.51. The van der Waals surface area contributed by atoms with Gasteiger partial charge in [-0.25, -0.2) is 9.59 Å². The van der Waals surface area contributed by atoms with E-state index in [1.165, 1.54) is 11.9 Å². The highest BCUT2D eigenvalue weighted by Gasteiger charge is 2.47. The Labute approximate surface area is 128 Å². The second-order valence-corrected chi connectivity index (χ2v) is 5.88. The minimum absolute atomic E-state index is 0.0681. The standard InChI is InChI=1S/C8H13NO3.C6H9NO3/c1-5(2)8(7(11)12)4-3-6(10)9-8;1-7-4(6(9)10)2-3-5(7)8/h5H,3-4H2,1-2H3,(H,9,10)(H,11,12);4H,2-3H2,1H3,(H,9,10)/t8-;4-/m00/s1. The number of hydrogen-bond donors (Lipinski definition) is 3. The lowest BCUT2D eigenvalue weighted by Gasteiger charge is -2.28. The number of hydrogen-bond acceptors (Lipinski definition) is 4. The predicted molar refractivity (Wildman–Crippen MR) is 76.0 cm³/mol. The summed E-state index contributed by atoms with van der Waals surface area (Å²) in [5, 5.41) is 20.0. The molecule has 2 amide bonds. The summed E-state index contributed by atoms with van der Waals surface area (Å²) < 4.78 is 0. The van der Waals surface area contributed by atoms with Crippen LogP contribution in [-0.2, 0) is 19.2 Å². The molecule has 0 aromatic rings. The molecule has 0 unspecified atom stereocenters. The van der Waals surface area contributed by atoms with Gasteiger partial charge in [0.25, 0.3) is 0 Å². The third-order valence-electron chi connectivity index (χ3n) is 4.25. The van der Waals surface area contributed by atoms with Crippen molar-refractivity contribution in [1.82, 2.24) is 10.2 Å². The molecule has 2 aliphatic heterocycles. The van der Waals surface area contributed by atoms with Gasteiger partial charge >= 0.3 is 11.9 Å². The van der Waals surface area contributed by atoms with E-state index in [9.17, 15) is 19.2 Å². The molecule has 0 aliphatic carbocycles. The molecular weight excluding hydrogens is 292 g/mol. The van der Waals surface area contributed by atoms with Crippen LogP contribution in [0.4, 0.5) is 0 Å². The van der Waals surface area contributed by atoms with Crippen molar-refractivity contribution in [1.29, 1.82) is 0 Å². The van der Waals surface area contributed by atoms with Gasteiger partial charge in [0.1, 0.15) is 11.6 Å². The van der Waals surface area contributed by atoms with E-state index in [0.717, 1.165) is 0 Å². The maximum absolute atomic E-state index is 10.9. The molecule has 0 aromatic heterocycles. The van der Waals surface area contributed by atoms with Crippen molar-refractivity contribution < 1.29 is 29.4 Å². The largest absolute Gasteiger partial charge is 0.480 e. The molecular formula is C14H22N2O6. The normalized spacial score (nSPS) is 27.5. The summed E-state index contributed by atoms with van der Waals surface area (Å²) in [5.74, 6) is -2.14. The van der Waals surface area contributed by atoms with Crippen molar-refractivity contribution in [2.24, 2.45) is 5.92 Å². The van der Waals surface area contributed by atoms with Gasteiger partial charge in [-0.15, -0.1) is 0 Å². The summed E-state index contributed by atoms with van der Waals surface area (Å²) in [4.78, 5) is 44.2. The summed E-state index contributed by atoms with van der Waals surface area (Å²) in [5.41, 5.74) is -1.02. The van der Waals surface area contributed by atoms with Crippen molar-refractivity contribution in [3.63, 3.8) is 0 Å². The quantitative estimate of drug-likeness (QED) is 0.677. The Morgan fingerprint density at radius 1 is 1.27 bits per heavy atom. The van der Waals surface area contributed by atoms with Crippen LogP contribution in [0.3, 0.4) is 0 Å². The number of carboxylic acids is 2. The maximum atomic E-state index is 10.9. The van der Waals surface area contributed by atoms with Crippen molar-refractivity contribution in [3.05, 3.63) is 0 Å². The average molecular weight is 314 g/mol. The molecule has 2 atom stereocenters. The van der Waals surface area contributed by atoms with Crippen LogP contribution in [0, 0.1) is 5.92 Å². The Balaban J connectivity index is 0.000000224. The van der Waals surface area contributed by atoms with Crippen LogP contribution in [0.25, 0.3) is 0 Å². The van der Waals surface area contributed by atoms with Crippen LogP contribution in [0.15, 0.2) is 0 Å². The SMILES string of the molecule is CC(C)[C@]1(C(=O)O)CCC(=O)N1.CN1C(=O)CC[C@H]1C(=O)O. The first-order chi connectivity index (χ1) is 10.1. The fourth-order valence-electron chi connectivity index (χ4n) is 2.62. The van der Waals surface area contributed by atoms with Gasteiger partial charge in [-0.05, 0) is 18.8 Å². The molecule has 0 saturated carbocycles. The zero-order chi connectivity index (χ0) is 17.1. The lowest BCUT2D eigenvalue weighted by atomic mass is 9.85. The lowest BCUT2D eigenvalue weighted by molar-refractivity contribution is -0.147.